The number of allylic oxidation sites excluding steroid dienone is 2. The van der Waals surface area contributed by atoms with Gasteiger partial charge in [-0.25, -0.2) is 0 Å². The standard InChI is InChI=1S/C24H31NO7S/c1-5-25(12-8-6-7-9-21(27)28)17-11-10-16-13-18-22(32-20(16)14-17)23(33(29,30)31-4)19(26)15-24(18,2)3/h10-11,13-14H,5-9,12,15H2,1-4H3,(H,27,28). The van der Waals surface area contributed by atoms with Gasteiger partial charge >= 0.3 is 16.1 Å². The second-order valence-electron chi connectivity index (χ2n) is 8.93. The maximum atomic E-state index is 12.7. The molecule has 0 unspecified atom stereocenters. The molecule has 9 heteroatoms. The highest BCUT2D eigenvalue weighted by Gasteiger charge is 2.45. The van der Waals surface area contributed by atoms with Crippen molar-refractivity contribution < 1.29 is 32.0 Å². The average Bonchev–Trinajstić information content (AvgIpc) is 2.74. The number of carboxylic acids is 1. The van der Waals surface area contributed by atoms with Crippen molar-refractivity contribution in [2.45, 2.75) is 52.9 Å². The van der Waals surface area contributed by atoms with E-state index >= 15 is 0 Å². The van der Waals surface area contributed by atoms with Gasteiger partial charge in [-0.05, 0) is 38.0 Å². The number of rotatable bonds is 10. The molecule has 0 fully saturated rings. The average molecular weight is 478 g/mol. The third-order valence-electron chi connectivity index (χ3n) is 6.08. The number of aliphatic carboxylic acids is 1. The van der Waals surface area contributed by atoms with Gasteiger partial charge in [0.15, 0.2) is 16.4 Å². The fourth-order valence-corrected chi connectivity index (χ4v) is 5.15. The van der Waals surface area contributed by atoms with Gasteiger partial charge in [0.25, 0.3) is 0 Å². The van der Waals surface area contributed by atoms with Crippen molar-refractivity contribution in [3.05, 3.63) is 40.0 Å². The van der Waals surface area contributed by atoms with Crippen molar-refractivity contribution in [3.63, 3.8) is 0 Å². The van der Waals surface area contributed by atoms with E-state index in [2.05, 4.69) is 9.08 Å². The molecule has 33 heavy (non-hydrogen) atoms. The first-order valence-corrected chi connectivity index (χ1v) is 12.5. The smallest absolute Gasteiger partial charge is 0.304 e. The van der Waals surface area contributed by atoms with Crippen LogP contribution in [0.2, 0.25) is 0 Å². The van der Waals surface area contributed by atoms with Crippen LogP contribution in [0.25, 0.3) is 6.08 Å². The predicted molar refractivity (Wildman–Crippen MR) is 125 cm³/mol. The summed E-state index contributed by atoms with van der Waals surface area (Å²) < 4.78 is 35.8. The molecule has 180 valence electrons. The van der Waals surface area contributed by atoms with E-state index in [1.54, 1.807) is 0 Å². The lowest BCUT2D eigenvalue weighted by Crippen LogP contribution is -2.34. The largest absolute Gasteiger partial charge is 0.481 e. The van der Waals surface area contributed by atoms with Gasteiger partial charge in [-0.15, -0.1) is 0 Å². The molecule has 0 aromatic heterocycles. The SMILES string of the molecule is CCN(CCCCCC(=O)O)c1ccc2c(c1)OC1=C(S(=O)(=O)OC)C(=O)CC(C)(C)C1=C2. The van der Waals surface area contributed by atoms with Crippen molar-refractivity contribution in [1.29, 1.82) is 0 Å². The lowest BCUT2D eigenvalue weighted by molar-refractivity contribution is -0.137. The van der Waals surface area contributed by atoms with E-state index in [0.29, 0.717) is 17.7 Å². The molecule has 0 bridgehead atoms. The molecule has 2 aliphatic rings. The Labute approximate surface area is 195 Å². The maximum absolute atomic E-state index is 12.7. The number of carbonyl (C=O) groups excluding carboxylic acids is 1. The summed E-state index contributed by atoms with van der Waals surface area (Å²) in [4.78, 5) is 25.1. The van der Waals surface area contributed by atoms with Crippen molar-refractivity contribution in [2.24, 2.45) is 5.41 Å². The molecule has 1 N–H and O–H groups in total. The summed E-state index contributed by atoms with van der Waals surface area (Å²) in [6, 6.07) is 5.76. The van der Waals surface area contributed by atoms with E-state index in [1.807, 2.05) is 45.0 Å². The molecular weight excluding hydrogens is 446 g/mol. The van der Waals surface area contributed by atoms with Gasteiger partial charge in [-0.1, -0.05) is 20.3 Å². The summed E-state index contributed by atoms with van der Waals surface area (Å²) in [6.07, 6.45) is 4.42. The number of fused-ring (bicyclic) bond motifs is 2. The zero-order chi connectivity index (χ0) is 24.4. The monoisotopic (exact) mass is 477 g/mol. The van der Waals surface area contributed by atoms with Crippen molar-refractivity contribution in [3.8, 4) is 5.75 Å². The Hall–Kier alpha value is -2.65. The minimum Gasteiger partial charge on any atom is -0.481 e. The third kappa shape index (κ3) is 5.30. The van der Waals surface area contributed by atoms with Gasteiger partial charge in [-0.3, -0.25) is 13.8 Å². The van der Waals surface area contributed by atoms with Gasteiger partial charge < -0.3 is 14.7 Å². The molecule has 0 saturated heterocycles. The van der Waals surface area contributed by atoms with E-state index in [9.17, 15) is 18.0 Å². The Balaban J connectivity index is 1.93. The normalized spacial score (nSPS) is 17.1. The third-order valence-corrected chi connectivity index (χ3v) is 7.43. The Kier molecular flexibility index (Phi) is 7.33. The number of ether oxygens (including phenoxy) is 1. The predicted octanol–water partition coefficient (Wildman–Crippen LogP) is 4.12. The molecule has 0 spiro atoms. The zero-order valence-corrected chi connectivity index (χ0v) is 20.3. The summed E-state index contributed by atoms with van der Waals surface area (Å²) >= 11 is 0. The van der Waals surface area contributed by atoms with Gasteiger partial charge in [0.1, 0.15) is 5.75 Å². The molecule has 1 aliphatic heterocycles. The molecule has 3 rings (SSSR count). The van der Waals surface area contributed by atoms with Crippen LogP contribution in [0.1, 0.15) is 58.4 Å². The zero-order valence-electron chi connectivity index (χ0n) is 19.5. The molecular formula is C24H31NO7S. The number of benzene rings is 1. The van der Waals surface area contributed by atoms with Crippen LogP contribution in [-0.4, -0.2) is 45.5 Å². The molecule has 1 aliphatic carbocycles. The first-order chi connectivity index (χ1) is 15.5. The number of hydrogen-bond donors (Lipinski definition) is 1. The Morgan fingerprint density at radius 1 is 1.24 bits per heavy atom. The first kappa shape index (κ1) is 25.0. The minimum atomic E-state index is -4.24. The molecule has 0 atom stereocenters. The summed E-state index contributed by atoms with van der Waals surface area (Å²) in [6.45, 7) is 7.31. The van der Waals surface area contributed by atoms with Crippen molar-refractivity contribution in [2.75, 3.05) is 25.1 Å². The molecule has 0 radical (unpaired) electrons. The quantitative estimate of drug-likeness (QED) is 0.396. The van der Waals surface area contributed by atoms with Crippen LogP contribution in [0.4, 0.5) is 5.69 Å². The fourth-order valence-electron chi connectivity index (χ4n) is 4.25. The number of carbonyl (C=O) groups is 2. The molecule has 1 aromatic carbocycles. The molecule has 1 heterocycles. The number of nitrogens with zero attached hydrogens (tertiary/aromatic N) is 1. The molecule has 0 saturated carbocycles. The molecule has 8 nitrogen and oxygen atoms in total. The number of Topliss-reactive ketones (excluding diaryl/α,β-unsaturated/α-hetero) is 1. The lowest BCUT2D eigenvalue weighted by atomic mass is 9.73. The highest BCUT2D eigenvalue weighted by atomic mass is 32.2. The number of ketones is 1. The topological polar surface area (TPSA) is 110 Å². The first-order valence-electron chi connectivity index (χ1n) is 11.1. The Bertz CT molecular complexity index is 1120. The summed E-state index contributed by atoms with van der Waals surface area (Å²) in [5, 5.41) is 8.78. The number of carboxylic acid groups (broad SMARTS) is 1. The van der Waals surface area contributed by atoms with Crippen LogP contribution in [-0.2, 0) is 23.9 Å². The van der Waals surface area contributed by atoms with Gasteiger partial charge in [0.05, 0.1) is 7.11 Å². The van der Waals surface area contributed by atoms with Crippen LogP contribution in [0.3, 0.4) is 0 Å². The number of unbranched alkanes of at least 4 members (excludes halogenated alkanes) is 2. The van der Waals surface area contributed by atoms with Crippen LogP contribution in [0.15, 0.2) is 34.4 Å². The van der Waals surface area contributed by atoms with Crippen LogP contribution < -0.4 is 9.64 Å². The summed E-state index contributed by atoms with van der Waals surface area (Å²) in [5.41, 5.74) is 1.79. The van der Waals surface area contributed by atoms with Gasteiger partial charge in [-0.2, -0.15) is 8.42 Å². The Morgan fingerprint density at radius 2 is 1.97 bits per heavy atom. The van der Waals surface area contributed by atoms with E-state index < -0.39 is 32.2 Å². The van der Waals surface area contributed by atoms with Crippen molar-refractivity contribution in [1.82, 2.24) is 0 Å². The van der Waals surface area contributed by atoms with Crippen LogP contribution in [0, 0.1) is 5.41 Å². The van der Waals surface area contributed by atoms with Crippen molar-refractivity contribution >= 4 is 33.6 Å². The lowest BCUT2D eigenvalue weighted by Gasteiger charge is -2.37. The van der Waals surface area contributed by atoms with E-state index in [-0.39, 0.29) is 18.6 Å². The second-order valence-corrected chi connectivity index (χ2v) is 10.6. The van der Waals surface area contributed by atoms with Gasteiger partial charge in [0.2, 0.25) is 0 Å². The number of anilines is 1. The highest BCUT2D eigenvalue weighted by Crippen LogP contribution is 2.48. The van der Waals surface area contributed by atoms with E-state index in [4.69, 9.17) is 9.84 Å². The number of hydrogen-bond acceptors (Lipinski definition) is 7. The van der Waals surface area contributed by atoms with E-state index in [0.717, 1.165) is 44.3 Å². The highest BCUT2D eigenvalue weighted by molar-refractivity contribution is 7.91. The minimum absolute atomic E-state index is 0.0412. The molecule has 0 amide bonds. The second kappa shape index (κ2) is 9.69. The van der Waals surface area contributed by atoms with Crippen LogP contribution in [0.5, 0.6) is 5.75 Å². The fraction of sp³-hybridized carbons (Fsp3) is 0.500. The maximum Gasteiger partial charge on any atom is 0.304 e. The summed E-state index contributed by atoms with van der Waals surface area (Å²) in [5.74, 6) is -0.787. The van der Waals surface area contributed by atoms with E-state index in [1.165, 1.54) is 0 Å². The molecule has 1 aromatic rings. The Morgan fingerprint density at radius 3 is 2.61 bits per heavy atom. The van der Waals surface area contributed by atoms with Gasteiger partial charge in [0, 0.05) is 54.2 Å². The van der Waals surface area contributed by atoms with Crippen LogP contribution >= 0.6 is 0 Å². The summed E-state index contributed by atoms with van der Waals surface area (Å²) in [7, 11) is -3.20.